The van der Waals surface area contributed by atoms with E-state index < -0.39 is 6.10 Å². The molecule has 0 saturated carbocycles. The number of anilines is 2. The normalized spacial score (nSPS) is 25.4. The number of β-amino-alcohol motifs (C(OH)–C–C–N with tert-alkyl or cyclic N) is 1. The Morgan fingerprint density at radius 2 is 2.29 bits per heavy atom. The molecular weight excluding hydrogens is 270 g/mol. The molecular formula is C15H19N3O3. The molecule has 3 rings (SSSR count). The van der Waals surface area contributed by atoms with Crippen LogP contribution in [0.15, 0.2) is 24.3 Å². The molecule has 2 saturated heterocycles. The number of aliphatic hydroxyl groups is 1. The van der Waals surface area contributed by atoms with E-state index >= 15 is 0 Å². The number of carbonyl (C=O) groups excluding carboxylic acids is 2. The highest BCUT2D eigenvalue weighted by molar-refractivity contribution is 5.98. The Morgan fingerprint density at radius 3 is 2.95 bits per heavy atom. The predicted molar refractivity (Wildman–Crippen MR) is 79.1 cm³/mol. The first-order chi connectivity index (χ1) is 10.1. The van der Waals surface area contributed by atoms with Gasteiger partial charge in [0.05, 0.1) is 12.1 Å². The summed E-state index contributed by atoms with van der Waals surface area (Å²) in [6.07, 6.45) is 1.42. The highest BCUT2D eigenvalue weighted by Gasteiger charge is 2.28. The summed E-state index contributed by atoms with van der Waals surface area (Å²) >= 11 is 0. The molecule has 1 aromatic rings. The maximum Gasteiger partial charge on any atom is 0.241 e. The molecule has 6 heteroatoms. The Bertz CT molecular complexity index is 561. The molecule has 2 amide bonds. The summed E-state index contributed by atoms with van der Waals surface area (Å²) in [6.45, 7) is 1.17. The molecule has 0 aromatic heterocycles. The minimum Gasteiger partial charge on any atom is -0.392 e. The van der Waals surface area contributed by atoms with Gasteiger partial charge in [-0.1, -0.05) is 6.07 Å². The molecule has 2 atom stereocenters. The van der Waals surface area contributed by atoms with E-state index in [2.05, 4.69) is 10.6 Å². The van der Waals surface area contributed by atoms with Crippen molar-refractivity contribution in [1.29, 1.82) is 0 Å². The molecule has 1 aromatic carbocycles. The van der Waals surface area contributed by atoms with Crippen LogP contribution in [0, 0.1) is 0 Å². The van der Waals surface area contributed by atoms with E-state index in [-0.39, 0.29) is 17.9 Å². The van der Waals surface area contributed by atoms with Crippen molar-refractivity contribution in [1.82, 2.24) is 5.32 Å². The van der Waals surface area contributed by atoms with Crippen molar-refractivity contribution >= 4 is 23.2 Å². The van der Waals surface area contributed by atoms with Gasteiger partial charge < -0.3 is 20.6 Å². The van der Waals surface area contributed by atoms with Gasteiger partial charge in [-0.05, 0) is 31.0 Å². The molecule has 0 spiro atoms. The number of aliphatic hydroxyl groups excluding tert-OH is 1. The van der Waals surface area contributed by atoms with Crippen molar-refractivity contribution in [3.63, 3.8) is 0 Å². The van der Waals surface area contributed by atoms with Crippen LogP contribution in [0.1, 0.15) is 19.3 Å². The zero-order valence-corrected chi connectivity index (χ0v) is 11.7. The van der Waals surface area contributed by atoms with Gasteiger partial charge in [-0.2, -0.15) is 0 Å². The van der Waals surface area contributed by atoms with Crippen LogP contribution in [0.2, 0.25) is 0 Å². The second-order valence-corrected chi connectivity index (χ2v) is 5.54. The summed E-state index contributed by atoms with van der Waals surface area (Å²) in [5.74, 6) is -0.0319. The fraction of sp³-hybridized carbons (Fsp3) is 0.467. The van der Waals surface area contributed by atoms with Crippen LogP contribution < -0.4 is 15.5 Å². The van der Waals surface area contributed by atoms with Crippen molar-refractivity contribution in [2.45, 2.75) is 31.4 Å². The van der Waals surface area contributed by atoms with Crippen LogP contribution in [0.25, 0.3) is 0 Å². The third kappa shape index (κ3) is 3.06. The molecule has 21 heavy (non-hydrogen) atoms. The van der Waals surface area contributed by atoms with Gasteiger partial charge in [-0.15, -0.1) is 0 Å². The molecule has 2 unspecified atom stereocenters. The topological polar surface area (TPSA) is 81.7 Å². The largest absolute Gasteiger partial charge is 0.392 e. The lowest BCUT2D eigenvalue weighted by Gasteiger charge is -2.17. The van der Waals surface area contributed by atoms with E-state index in [0.29, 0.717) is 25.1 Å². The van der Waals surface area contributed by atoms with Crippen LogP contribution in [0.5, 0.6) is 0 Å². The van der Waals surface area contributed by atoms with E-state index in [9.17, 15) is 14.7 Å². The molecule has 2 fully saturated rings. The SMILES string of the molecule is O=C(Nc1cccc(N2CCCC2=O)c1)C1CC(O)CN1. The molecule has 0 bridgehead atoms. The van der Waals surface area contributed by atoms with Gasteiger partial charge in [0.2, 0.25) is 11.8 Å². The summed E-state index contributed by atoms with van der Waals surface area (Å²) in [5.41, 5.74) is 1.48. The van der Waals surface area contributed by atoms with Gasteiger partial charge in [0.1, 0.15) is 0 Å². The molecule has 0 aliphatic carbocycles. The second-order valence-electron chi connectivity index (χ2n) is 5.54. The number of hydrogen-bond donors (Lipinski definition) is 3. The molecule has 112 valence electrons. The van der Waals surface area contributed by atoms with Crippen molar-refractivity contribution < 1.29 is 14.7 Å². The van der Waals surface area contributed by atoms with Gasteiger partial charge in [0, 0.05) is 30.9 Å². The highest BCUT2D eigenvalue weighted by Crippen LogP contribution is 2.24. The minimum absolute atomic E-state index is 0.124. The van der Waals surface area contributed by atoms with Crippen LogP contribution in [0.3, 0.4) is 0 Å². The summed E-state index contributed by atoms with van der Waals surface area (Å²) in [7, 11) is 0. The van der Waals surface area contributed by atoms with E-state index in [1.807, 2.05) is 18.2 Å². The maximum atomic E-state index is 12.1. The first kappa shape index (κ1) is 14.0. The Kier molecular flexibility index (Phi) is 3.90. The first-order valence-electron chi connectivity index (χ1n) is 7.26. The van der Waals surface area contributed by atoms with Gasteiger partial charge >= 0.3 is 0 Å². The minimum atomic E-state index is -0.464. The molecule has 6 nitrogen and oxygen atoms in total. The number of benzene rings is 1. The number of carbonyl (C=O) groups is 2. The number of amides is 2. The monoisotopic (exact) mass is 289 g/mol. The van der Waals surface area contributed by atoms with Gasteiger partial charge in [-0.25, -0.2) is 0 Å². The number of nitrogens with zero attached hydrogens (tertiary/aromatic N) is 1. The predicted octanol–water partition coefficient (Wildman–Crippen LogP) is 0.475. The summed E-state index contributed by atoms with van der Waals surface area (Å²) in [6, 6.07) is 6.95. The quantitative estimate of drug-likeness (QED) is 0.756. The number of rotatable bonds is 3. The Labute approximate surface area is 123 Å². The second kappa shape index (κ2) is 5.83. The standard InChI is InChI=1S/C15H19N3O3/c19-12-8-13(16-9-12)15(21)17-10-3-1-4-11(7-10)18-6-2-5-14(18)20/h1,3-4,7,12-13,16,19H,2,5-6,8-9H2,(H,17,21). The maximum absolute atomic E-state index is 12.1. The molecule has 0 radical (unpaired) electrons. The van der Waals surface area contributed by atoms with Crippen LogP contribution in [0.4, 0.5) is 11.4 Å². The van der Waals surface area contributed by atoms with Gasteiger partial charge in [0.15, 0.2) is 0 Å². The van der Waals surface area contributed by atoms with Crippen LogP contribution >= 0.6 is 0 Å². The Balaban J connectivity index is 1.68. The van der Waals surface area contributed by atoms with E-state index in [1.165, 1.54) is 0 Å². The fourth-order valence-corrected chi connectivity index (χ4v) is 2.82. The van der Waals surface area contributed by atoms with E-state index in [4.69, 9.17) is 0 Å². The molecule has 2 aliphatic heterocycles. The third-order valence-corrected chi connectivity index (χ3v) is 3.92. The smallest absolute Gasteiger partial charge is 0.241 e. The average Bonchev–Trinajstić information content (AvgIpc) is 3.08. The number of nitrogens with one attached hydrogen (secondary N) is 2. The van der Waals surface area contributed by atoms with Crippen LogP contribution in [-0.2, 0) is 9.59 Å². The summed E-state index contributed by atoms with van der Waals surface area (Å²) in [4.78, 5) is 25.6. The number of hydrogen-bond acceptors (Lipinski definition) is 4. The highest BCUT2D eigenvalue weighted by atomic mass is 16.3. The lowest BCUT2D eigenvalue weighted by atomic mass is 10.2. The Hall–Kier alpha value is -1.92. The third-order valence-electron chi connectivity index (χ3n) is 3.92. The average molecular weight is 289 g/mol. The molecule has 3 N–H and O–H groups in total. The summed E-state index contributed by atoms with van der Waals surface area (Å²) < 4.78 is 0. The van der Waals surface area contributed by atoms with Crippen molar-refractivity contribution in [2.75, 3.05) is 23.3 Å². The Morgan fingerprint density at radius 1 is 1.43 bits per heavy atom. The van der Waals surface area contributed by atoms with Crippen molar-refractivity contribution in [2.24, 2.45) is 0 Å². The van der Waals surface area contributed by atoms with E-state index in [1.54, 1.807) is 11.0 Å². The molecule has 2 aliphatic rings. The first-order valence-corrected chi connectivity index (χ1v) is 7.26. The van der Waals surface area contributed by atoms with Crippen molar-refractivity contribution in [3.8, 4) is 0 Å². The lowest BCUT2D eigenvalue weighted by Crippen LogP contribution is -2.35. The molecule has 2 heterocycles. The van der Waals surface area contributed by atoms with E-state index in [0.717, 1.165) is 18.7 Å². The lowest BCUT2D eigenvalue weighted by molar-refractivity contribution is -0.118. The van der Waals surface area contributed by atoms with Gasteiger partial charge in [0.25, 0.3) is 0 Å². The fourth-order valence-electron chi connectivity index (χ4n) is 2.82. The van der Waals surface area contributed by atoms with Crippen LogP contribution in [-0.4, -0.2) is 42.2 Å². The van der Waals surface area contributed by atoms with Gasteiger partial charge in [-0.3, -0.25) is 9.59 Å². The summed E-state index contributed by atoms with van der Waals surface area (Å²) in [5, 5.41) is 15.3. The zero-order chi connectivity index (χ0) is 14.8. The zero-order valence-electron chi connectivity index (χ0n) is 11.7. The van der Waals surface area contributed by atoms with Crippen molar-refractivity contribution in [3.05, 3.63) is 24.3 Å².